The van der Waals surface area contributed by atoms with Gasteiger partial charge in [-0.15, -0.1) is 0 Å². The van der Waals surface area contributed by atoms with Crippen LogP contribution in [-0.4, -0.2) is 40.9 Å². The quantitative estimate of drug-likeness (QED) is 0.652. The molecule has 4 heteroatoms. The van der Waals surface area contributed by atoms with E-state index in [2.05, 4.69) is 19.9 Å². The second-order valence-electron chi connectivity index (χ2n) is 7.80. The van der Waals surface area contributed by atoms with Gasteiger partial charge in [0, 0.05) is 12.3 Å². The van der Waals surface area contributed by atoms with E-state index in [4.69, 9.17) is 5.11 Å². The Morgan fingerprint density at radius 3 is 2.71 bits per heavy atom. The highest BCUT2D eigenvalue weighted by molar-refractivity contribution is 5.83. The number of fused-ring (bicyclic) bond motifs is 1. The zero-order valence-electron chi connectivity index (χ0n) is 15.0. The summed E-state index contributed by atoms with van der Waals surface area (Å²) < 4.78 is 0. The van der Waals surface area contributed by atoms with Gasteiger partial charge in [0.1, 0.15) is 5.78 Å². The number of carbonyl (C=O) groups excluding carboxylic acids is 1. The fourth-order valence-electron chi connectivity index (χ4n) is 4.72. The summed E-state index contributed by atoms with van der Waals surface area (Å²) in [5.74, 6) is 1.00. The van der Waals surface area contributed by atoms with Gasteiger partial charge in [0.25, 0.3) is 0 Å². The number of aliphatic hydroxyl groups is 3. The molecule has 4 nitrogen and oxygen atoms in total. The van der Waals surface area contributed by atoms with Crippen molar-refractivity contribution in [3.8, 4) is 0 Å². The highest BCUT2D eigenvalue weighted by Crippen LogP contribution is 2.54. The molecule has 2 aliphatic rings. The van der Waals surface area contributed by atoms with Gasteiger partial charge >= 0.3 is 0 Å². The van der Waals surface area contributed by atoms with Crippen LogP contribution in [0.4, 0.5) is 0 Å². The summed E-state index contributed by atoms with van der Waals surface area (Å²) in [4.78, 5) is 12.6. The highest BCUT2D eigenvalue weighted by Gasteiger charge is 2.49. The summed E-state index contributed by atoms with van der Waals surface area (Å²) in [7, 11) is 0. The van der Waals surface area contributed by atoms with Crippen molar-refractivity contribution in [2.75, 3.05) is 19.8 Å². The van der Waals surface area contributed by atoms with Crippen LogP contribution in [0.3, 0.4) is 0 Å². The van der Waals surface area contributed by atoms with E-state index in [0.29, 0.717) is 30.5 Å². The third-order valence-corrected chi connectivity index (χ3v) is 6.54. The molecule has 0 saturated heterocycles. The zero-order chi connectivity index (χ0) is 17.7. The van der Waals surface area contributed by atoms with Crippen LogP contribution in [-0.2, 0) is 4.79 Å². The summed E-state index contributed by atoms with van der Waals surface area (Å²) in [6.45, 7) is 4.45. The molecule has 24 heavy (non-hydrogen) atoms. The van der Waals surface area contributed by atoms with Crippen LogP contribution in [0.1, 0.15) is 52.4 Å². The molecule has 0 amide bonds. The molecule has 4 atom stereocenters. The average Bonchev–Trinajstić information content (AvgIpc) is 2.80. The van der Waals surface area contributed by atoms with Gasteiger partial charge < -0.3 is 15.3 Å². The van der Waals surface area contributed by atoms with Gasteiger partial charge in [0.2, 0.25) is 0 Å². The number of ketones is 1. The highest BCUT2D eigenvalue weighted by atomic mass is 16.3. The molecule has 0 bridgehead atoms. The minimum absolute atomic E-state index is 0.0196. The van der Waals surface area contributed by atoms with E-state index in [0.717, 1.165) is 36.8 Å². The third-order valence-electron chi connectivity index (χ3n) is 6.54. The SMILES string of the molecule is C[C@@H]1CC(=O)[C@H]2CC(CO)=CCC[C@@H]2[C@@]1(C)CC/C(=C/CO)CO. The number of allylic oxidation sites excluding steroid dienone is 1. The molecular formula is C20H32O4. The molecule has 1 fully saturated rings. The molecule has 136 valence electrons. The number of hydrogen-bond acceptors (Lipinski definition) is 4. The summed E-state index contributed by atoms with van der Waals surface area (Å²) in [5, 5.41) is 28.0. The van der Waals surface area contributed by atoms with Crippen LogP contribution in [0, 0.1) is 23.2 Å². The van der Waals surface area contributed by atoms with E-state index in [9.17, 15) is 15.0 Å². The Balaban J connectivity index is 2.21. The Labute approximate surface area is 145 Å². The number of carbonyl (C=O) groups is 1. The largest absolute Gasteiger partial charge is 0.392 e. The normalized spacial score (nSPS) is 34.5. The van der Waals surface area contributed by atoms with Crippen LogP contribution in [0.15, 0.2) is 23.3 Å². The Kier molecular flexibility index (Phi) is 6.79. The Morgan fingerprint density at radius 1 is 1.33 bits per heavy atom. The van der Waals surface area contributed by atoms with Crippen LogP contribution in [0.2, 0.25) is 0 Å². The molecule has 0 radical (unpaired) electrons. The molecule has 0 aliphatic heterocycles. The number of hydrogen-bond donors (Lipinski definition) is 3. The van der Waals surface area contributed by atoms with Gasteiger partial charge in [-0.2, -0.15) is 0 Å². The molecule has 0 aromatic carbocycles. The van der Waals surface area contributed by atoms with E-state index in [1.165, 1.54) is 0 Å². The smallest absolute Gasteiger partial charge is 0.136 e. The molecule has 2 rings (SSSR count). The molecule has 0 unspecified atom stereocenters. The molecule has 0 aromatic heterocycles. The van der Waals surface area contributed by atoms with E-state index in [1.807, 2.05) is 0 Å². The van der Waals surface area contributed by atoms with E-state index in [-0.39, 0.29) is 31.2 Å². The van der Waals surface area contributed by atoms with Gasteiger partial charge in [0.15, 0.2) is 0 Å². The first-order valence-corrected chi connectivity index (χ1v) is 9.17. The minimum Gasteiger partial charge on any atom is -0.392 e. The lowest BCUT2D eigenvalue weighted by Crippen LogP contribution is -2.47. The van der Waals surface area contributed by atoms with Gasteiger partial charge in [-0.1, -0.05) is 26.0 Å². The predicted molar refractivity (Wildman–Crippen MR) is 94.4 cm³/mol. The summed E-state index contributed by atoms with van der Waals surface area (Å²) >= 11 is 0. The second kappa shape index (κ2) is 8.41. The predicted octanol–water partition coefficient (Wildman–Crippen LogP) is 2.63. The first-order valence-electron chi connectivity index (χ1n) is 9.17. The van der Waals surface area contributed by atoms with Crippen molar-refractivity contribution >= 4 is 5.78 Å². The topological polar surface area (TPSA) is 77.8 Å². The molecular weight excluding hydrogens is 304 g/mol. The monoisotopic (exact) mass is 336 g/mol. The lowest BCUT2D eigenvalue weighted by atomic mass is 9.54. The zero-order valence-corrected chi connectivity index (χ0v) is 15.0. The average molecular weight is 336 g/mol. The van der Waals surface area contributed by atoms with Gasteiger partial charge in [-0.3, -0.25) is 4.79 Å². The van der Waals surface area contributed by atoms with Crippen molar-refractivity contribution < 1.29 is 20.1 Å². The Hall–Kier alpha value is -0.970. The second-order valence-corrected chi connectivity index (χ2v) is 7.80. The van der Waals surface area contributed by atoms with Crippen LogP contribution >= 0.6 is 0 Å². The molecule has 0 spiro atoms. The summed E-state index contributed by atoms with van der Waals surface area (Å²) in [5.41, 5.74) is 1.92. The summed E-state index contributed by atoms with van der Waals surface area (Å²) in [6.07, 6.45) is 8.69. The van der Waals surface area contributed by atoms with E-state index in [1.54, 1.807) is 6.08 Å². The van der Waals surface area contributed by atoms with Crippen molar-refractivity contribution in [3.05, 3.63) is 23.3 Å². The van der Waals surface area contributed by atoms with Crippen molar-refractivity contribution in [3.63, 3.8) is 0 Å². The first-order chi connectivity index (χ1) is 11.5. The minimum atomic E-state index is -0.0452. The lowest BCUT2D eigenvalue weighted by Gasteiger charge is -2.50. The Bertz CT molecular complexity index is 508. The molecule has 0 aromatic rings. The maximum atomic E-state index is 12.6. The molecule has 1 saturated carbocycles. The van der Waals surface area contributed by atoms with E-state index >= 15 is 0 Å². The fourth-order valence-corrected chi connectivity index (χ4v) is 4.72. The van der Waals surface area contributed by atoms with Crippen molar-refractivity contribution in [1.29, 1.82) is 0 Å². The van der Waals surface area contributed by atoms with Gasteiger partial charge in [-0.25, -0.2) is 0 Å². The van der Waals surface area contributed by atoms with E-state index < -0.39 is 0 Å². The standard InChI is InChI=1S/C20H32O4/c1-14-10-19(24)17-11-16(13-23)4-3-5-18(17)20(14,2)8-6-15(12-22)7-9-21/h4,7,14,17-18,21-23H,3,5-6,8-13H2,1-2H3/b15-7-/t14-,17+,18+,20+/m1/s1. The third kappa shape index (κ3) is 3.98. The molecule has 2 aliphatic carbocycles. The molecule has 3 N–H and O–H groups in total. The number of Topliss-reactive ketones (excluding diaryl/α,β-unsaturated/α-hetero) is 1. The number of aliphatic hydroxyl groups excluding tert-OH is 3. The van der Waals surface area contributed by atoms with Gasteiger partial charge in [-0.05, 0) is 60.5 Å². The maximum Gasteiger partial charge on any atom is 0.136 e. The van der Waals surface area contributed by atoms with Crippen molar-refractivity contribution in [2.45, 2.75) is 52.4 Å². The first kappa shape index (κ1) is 19.4. The van der Waals surface area contributed by atoms with Gasteiger partial charge in [0.05, 0.1) is 19.8 Å². The Morgan fingerprint density at radius 2 is 2.08 bits per heavy atom. The lowest BCUT2D eigenvalue weighted by molar-refractivity contribution is -0.136. The van der Waals surface area contributed by atoms with Crippen LogP contribution in [0.5, 0.6) is 0 Å². The van der Waals surface area contributed by atoms with Crippen molar-refractivity contribution in [2.24, 2.45) is 23.2 Å². The molecule has 0 heterocycles. The van der Waals surface area contributed by atoms with Crippen LogP contribution < -0.4 is 0 Å². The van der Waals surface area contributed by atoms with Crippen molar-refractivity contribution in [1.82, 2.24) is 0 Å². The van der Waals surface area contributed by atoms with Crippen LogP contribution in [0.25, 0.3) is 0 Å². The fraction of sp³-hybridized carbons (Fsp3) is 0.750. The summed E-state index contributed by atoms with van der Waals surface area (Å²) in [6, 6.07) is 0. The maximum absolute atomic E-state index is 12.6. The number of rotatable bonds is 6.